The zero-order chi connectivity index (χ0) is 19.3. The van der Waals surface area contributed by atoms with Crippen LogP contribution in [0, 0.1) is 0 Å². The average Bonchev–Trinajstić information content (AvgIpc) is 2.96. The van der Waals surface area contributed by atoms with Crippen LogP contribution in [0.25, 0.3) is 0 Å². The largest absolute Gasteiger partial charge is 0.491 e. The number of aromatic nitrogens is 1. The number of pyridine rings is 1. The van der Waals surface area contributed by atoms with E-state index in [0.717, 1.165) is 55.5 Å². The fourth-order valence-electron chi connectivity index (χ4n) is 3.43. The highest BCUT2D eigenvalue weighted by atomic mass is 32.1. The molecular formula is C20H24N6OS. The van der Waals surface area contributed by atoms with Crippen molar-refractivity contribution >= 4 is 23.0 Å². The van der Waals surface area contributed by atoms with Gasteiger partial charge in [-0.05, 0) is 42.9 Å². The molecule has 2 aliphatic heterocycles. The predicted octanol–water partition coefficient (Wildman–Crippen LogP) is 1.75. The van der Waals surface area contributed by atoms with E-state index in [1.54, 1.807) is 6.20 Å². The summed E-state index contributed by atoms with van der Waals surface area (Å²) in [6.45, 7) is 4.12. The van der Waals surface area contributed by atoms with Crippen LogP contribution in [0.1, 0.15) is 18.5 Å². The normalized spacial score (nSPS) is 20.6. The lowest BCUT2D eigenvalue weighted by Crippen LogP contribution is -2.50. The molecule has 7 nitrogen and oxygen atoms in total. The van der Waals surface area contributed by atoms with Gasteiger partial charge in [0, 0.05) is 50.2 Å². The maximum Gasteiger partial charge on any atom is 0.189 e. The number of ether oxygens (including phenoxy) is 1. The van der Waals surface area contributed by atoms with Gasteiger partial charge in [-0.3, -0.25) is 10.4 Å². The van der Waals surface area contributed by atoms with E-state index in [4.69, 9.17) is 22.7 Å². The van der Waals surface area contributed by atoms with Gasteiger partial charge in [0.2, 0.25) is 0 Å². The number of rotatable bonds is 2. The lowest BCUT2D eigenvalue weighted by Gasteiger charge is -2.37. The zero-order valence-electron chi connectivity index (χ0n) is 15.7. The van der Waals surface area contributed by atoms with Gasteiger partial charge in [-0.15, -0.1) is 0 Å². The number of allylic oxidation sites excluding steroid dienone is 4. The van der Waals surface area contributed by atoms with Crippen LogP contribution in [-0.2, 0) is 0 Å². The molecule has 0 radical (unpaired) electrons. The van der Waals surface area contributed by atoms with Crippen molar-refractivity contribution < 1.29 is 4.74 Å². The summed E-state index contributed by atoms with van der Waals surface area (Å²) in [5.41, 5.74) is 12.6. The molecule has 1 saturated heterocycles. The third kappa shape index (κ3) is 4.17. The molecule has 8 heteroatoms. The maximum atomic E-state index is 5.88. The minimum atomic E-state index is 0.604. The van der Waals surface area contributed by atoms with E-state index < -0.39 is 0 Å². The van der Waals surface area contributed by atoms with Gasteiger partial charge in [-0.2, -0.15) is 5.10 Å². The Hall–Kier alpha value is -2.87. The third-order valence-corrected chi connectivity index (χ3v) is 5.34. The van der Waals surface area contributed by atoms with Crippen LogP contribution < -0.4 is 15.9 Å². The van der Waals surface area contributed by atoms with E-state index in [2.05, 4.69) is 37.5 Å². The summed E-state index contributed by atoms with van der Waals surface area (Å²) in [6.07, 6.45) is 11.6. The number of nitrogens with zero attached hydrogens (tertiary/aromatic N) is 4. The highest BCUT2D eigenvalue weighted by molar-refractivity contribution is 7.80. The third-order valence-electron chi connectivity index (χ3n) is 4.99. The fourth-order valence-corrected chi connectivity index (χ4v) is 3.66. The summed E-state index contributed by atoms with van der Waals surface area (Å²) in [5, 5.41) is 5.16. The van der Waals surface area contributed by atoms with Gasteiger partial charge >= 0.3 is 0 Å². The minimum absolute atomic E-state index is 0.604. The molecule has 1 aliphatic carbocycles. The van der Waals surface area contributed by atoms with Crippen LogP contribution in [0.4, 0.5) is 0 Å². The molecule has 4 rings (SSSR count). The first-order valence-corrected chi connectivity index (χ1v) is 9.90. The number of piperazine rings is 1. The van der Waals surface area contributed by atoms with Gasteiger partial charge in [-0.1, -0.05) is 12.2 Å². The van der Waals surface area contributed by atoms with Crippen molar-refractivity contribution in [2.45, 2.75) is 12.8 Å². The zero-order valence-corrected chi connectivity index (χ0v) is 16.5. The van der Waals surface area contributed by atoms with Crippen LogP contribution in [0.5, 0.6) is 5.75 Å². The second-order valence-electron chi connectivity index (χ2n) is 6.80. The summed E-state index contributed by atoms with van der Waals surface area (Å²) >= 11 is 5.56. The second kappa shape index (κ2) is 8.43. The Morgan fingerprint density at radius 1 is 1.21 bits per heavy atom. The van der Waals surface area contributed by atoms with Crippen molar-refractivity contribution in [1.82, 2.24) is 20.2 Å². The van der Waals surface area contributed by atoms with E-state index in [9.17, 15) is 0 Å². The van der Waals surface area contributed by atoms with Gasteiger partial charge in [-0.25, -0.2) is 0 Å². The number of hydrogen-bond acceptors (Lipinski definition) is 6. The van der Waals surface area contributed by atoms with Crippen molar-refractivity contribution in [3.05, 3.63) is 59.7 Å². The summed E-state index contributed by atoms with van der Waals surface area (Å²) in [5.74, 6) is 0.772. The second-order valence-corrected chi connectivity index (χ2v) is 7.19. The molecule has 3 N–H and O–H groups in total. The lowest BCUT2D eigenvalue weighted by molar-refractivity contribution is 0.225. The molecule has 0 unspecified atom stereocenters. The van der Waals surface area contributed by atoms with E-state index in [1.807, 2.05) is 24.3 Å². The summed E-state index contributed by atoms with van der Waals surface area (Å²) in [6, 6.07) is 3.77. The van der Waals surface area contributed by atoms with Gasteiger partial charge in [0.25, 0.3) is 0 Å². The van der Waals surface area contributed by atoms with Crippen LogP contribution in [0.15, 0.2) is 59.1 Å². The van der Waals surface area contributed by atoms with E-state index in [1.165, 1.54) is 5.70 Å². The Balaban J connectivity index is 1.33. The first kappa shape index (κ1) is 18.5. The van der Waals surface area contributed by atoms with Gasteiger partial charge in [0.1, 0.15) is 11.4 Å². The number of hydrogen-bond donors (Lipinski definition) is 2. The standard InChI is InChI=1S/C20H24N6OS/c21-15-3-1-4-16(7-6-15)25-10-12-26(13-11-25)20(28)24-23-17-8-14-27-18-5-2-9-22-19(17)18/h2-7,9H,1,8,10-14,21H2,(H,24,28)/b23-17-. The highest BCUT2D eigenvalue weighted by Crippen LogP contribution is 2.22. The smallest absolute Gasteiger partial charge is 0.189 e. The monoisotopic (exact) mass is 396 g/mol. The molecule has 146 valence electrons. The molecule has 0 atom stereocenters. The number of thiocarbonyl (C=S) groups is 1. The molecular weight excluding hydrogens is 372 g/mol. The van der Waals surface area contributed by atoms with E-state index >= 15 is 0 Å². The fraction of sp³-hybridized carbons (Fsp3) is 0.350. The molecule has 0 saturated carbocycles. The molecule has 0 amide bonds. The van der Waals surface area contributed by atoms with Gasteiger partial charge in [0.15, 0.2) is 5.11 Å². The summed E-state index contributed by atoms with van der Waals surface area (Å²) in [7, 11) is 0. The van der Waals surface area contributed by atoms with Crippen LogP contribution in [0.3, 0.4) is 0 Å². The van der Waals surface area contributed by atoms with Crippen molar-refractivity contribution in [3.8, 4) is 5.75 Å². The first-order valence-electron chi connectivity index (χ1n) is 9.49. The maximum absolute atomic E-state index is 5.88. The van der Waals surface area contributed by atoms with Crippen molar-refractivity contribution in [3.63, 3.8) is 0 Å². The minimum Gasteiger partial charge on any atom is -0.491 e. The molecule has 0 bridgehead atoms. The Bertz CT molecular complexity index is 867. The summed E-state index contributed by atoms with van der Waals surface area (Å²) in [4.78, 5) is 8.90. The molecule has 0 spiro atoms. The van der Waals surface area contributed by atoms with Crippen molar-refractivity contribution in [2.24, 2.45) is 10.8 Å². The lowest BCUT2D eigenvalue weighted by atomic mass is 10.1. The summed E-state index contributed by atoms with van der Waals surface area (Å²) < 4.78 is 5.62. The SMILES string of the molecule is NC1=CCC=C(N2CCN(C(=S)N/N=C3/CCOc4cccnc43)CC2)C=C1. The van der Waals surface area contributed by atoms with Crippen LogP contribution in [-0.4, -0.2) is 58.4 Å². The molecule has 3 heterocycles. The quantitative estimate of drug-likeness (QED) is 0.582. The van der Waals surface area contributed by atoms with Gasteiger partial charge < -0.3 is 20.3 Å². The molecule has 1 fully saturated rings. The predicted molar refractivity (Wildman–Crippen MR) is 114 cm³/mol. The Morgan fingerprint density at radius 3 is 2.93 bits per heavy atom. The number of hydrazone groups is 1. The Kier molecular flexibility index (Phi) is 5.57. The van der Waals surface area contributed by atoms with E-state index in [0.29, 0.717) is 18.1 Å². The molecule has 1 aromatic heterocycles. The Labute approximate surface area is 170 Å². The highest BCUT2D eigenvalue weighted by Gasteiger charge is 2.21. The topological polar surface area (TPSA) is 79.0 Å². The Morgan fingerprint density at radius 2 is 2.07 bits per heavy atom. The number of fused-ring (bicyclic) bond motifs is 1. The average molecular weight is 397 g/mol. The first-order chi connectivity index (χ1) is 13.7. The van der Waals surface area contributed by atoms with Crippen LogP contribution >= 0.6 is 12.2 Å². The van der Waals surface area contributed by atoms with Gasteiger partial charge in [0.05, 0.1) is 12.3 Å². The molecule has 1 aromatic rings. The van der Waals surface area contributed by atoms with Crippen molar-refractivity contribution in [1.29, 1.82) is 0 Å². The molecule has 28 heavy (non-hydrogen) atoms. The molecule has 3 aliphatic rings. The van der Waals surface area contributed by atoms with E-state index in [-0.39, 0.29) is 0 Å². The molecule has 0 aromatic carbocycles. The number of nitrogens with two attached hydrogens (primary N) is 1. The van der Waals surface area contributed by atoms with Crippen molar-refractivity contribution in [2.75, 3.05) is 32.8 Å². The number of nitrogens with one attached hydrogen (secondary N) is 1. The van der Waals surface area contributed by atoms with Crippen LogP contribution in [0.2, 0.25) is 0 Å².